The lowest BCUT2D eigenvalue weighted by molar-refractivity contribution is 0.0922. The number of furan rings is 1. The summed E-state index contributed by atoms with van der Waals surface area (Å²) in [4.78, 5) is 11.7. The van der Waals surface area contributed by atoms with Crippen LogP contribution in [0.4, 0.5) is 0 Å². The predicted molar refractivity (Wildman–Crippen MR) is 87.1 cm³/mol. The van der Waals surface area contributed by atoms with Crippen molar-refractivity contribution in [1.82, 2.24) is 5.32 Å². The maximum absolute atomic E-state index is 11.7. The van der Waals surface area contributed by atoms with Crippen LogP contribution >= 0.6 is 34.8 Å². The lowest BCUT2D eigenvalue weighted by Gasteiger charge is -2.09. The van der Waals surface area contributed by atoms with Gasteiger partial charge in [-0.25, -0.2) is 0 Å². The van der Waals surface area contributed by atoms with E-state index in [1.807, 2.05) is 6.92 Å². The molecule has 0 aliphatic heterocycles. The van der Waals surface area contributed by atoms with Gasteiger partial charge in [-0.15, -0.1) is 0 Å². The highest BCUT2D eigenvalue weighted by Crippen LogP contribution is 2.36. The molecule has 118 valence electrons. The highest BCUT2D eigenvalue weighted by atomic mass is 35.5. The fourth-order valence-electron chi connectivity index (χ4n) is 1.71. The molecule has 0 atom stereocenters. The van der Waals surface area contributed by atoms with Crippen LogP contribution in [0.15, 0.2) is 28.7 Å². The van der Waals surface area contributed by atoms with Gasteiger partial charge >= 0.3 is 0 Å². The SMILES string of the molecule is CCCNC(=O)c1ccc(COc2c(Cl)cc(Cl)cc2Cl)o1. The summed E-state index contributed by atoms with van der Waals surface area (Å²) in [6.07, 6.45) is 0.857. The topological polar surface area (TPSA) is 51.5 Å². The molecule has 2 aromatic rings. The normalized spacial score (nSPS) is 10.5. The molecule has 1 aromatic heterocycles. The molecule has 1 heterocycles. The van der Waals surface area contributed by atoms with E-state index in [2.05, 4.69) is 5.32 Å². The average Bonchev–Trinajstić information content (AvgIpc) is 2.92. The zero-order chi connectivity index (χ0) is 16.1. The molecule has 1 amide bonds. The molecule has 0 saturated carbocycles. The van der Waals surface area contributed by atoms with Crippen LogP contribution in [-0.4, -0.2) is 12.5 Å². The minimum absolute atomic E-state index is 0.0993. The standard InChI is InChI=1S/C15H14Cl3NO3/c1-2-5-19-15(20)13-4-3-10(22-13)8-21-14-11(17)6-9(16)7-12(14)18/h3-4,6-7H,2,5,8H2,1H3,(H,19,20). The van der Waals surface area contributed by atoms with Crippen molar-refractivity contribution in [2.45, 2.75) is 20.0 Å². The number of benzene rings is 1. The summed E-state index contributed by atoms with van der Waals surface area (Å²) in [5.41, 5.74) is 0. The smallest absolute Gasteiger partial charge is 0.286 e. The van der Waals surface area contributed by atoms with E-state index in [4.69, 9.17) is 44.0 Å². The summed E-state index contributed by atoms with van der Waals surface area (Å²) in [6.45, 7) is 2.67. The van der Waals surface area contributed by atoms with E-state index in [0.717, 1.165) is 6.42 Å². The van der Waals surface area contributed by atoms with Crippen molar-refractivity contribution < 1.29 is 13.9 Å². The van der Waals surface area contributed by atoms with Crippen molar-refractivity contribution in [3.05, 3.63) is 50.9 Å². The number of ether oxygens (including phenoxy) is 1. The lowest BCUT2D eigenvalue weighted by Crippen LogP contribution is -2.23. The van der Waals surface area contributed by atoms with Crippen molar-refractivity contribution >= 4 is 40.7 Å². The molecular formula is C15H14Cl3NO3. The molecule has 0 fully saturated rings. The molecule has 2 rings (SSSR count). The van der Waals surface area contributed by atoms with Crippen LogP contribution in [-0.2, 0) is 6.61 Å². The number of rotatable bonds is 6. The first-order chi connectivity index (χ1) is 10.5. The zero-order valence-corrected chi connectivity index (χ0v) is 14.1. The van der Waals surface area contributed by atoms with Crippen LogP contribution < -0.4 is 10.1 Å². The number of nitrogens with one attached hydrogen (secondary N) is 1. The van der Waals surface area contributed by atoms with Crippen LogP contribution in [0.3, 0.4) is 0 Å². The van der Waals surface area contributed by atoms with Gasteiger partial charge < -0.3 is 14.5 Å². The summed E-state index contributed by atoms with van der Waals surface area (Å²) in [7, 11) is 0. The Kier molecular flexibility index (Phi) is 6.00. The predicted octanol–water partition coefficient (Wildman–Crippen LogP) is 4.96. The van der Waals surface area contributed by atoms with Crippen molar-refractivity contribution in [2.75, 3.05) is 6.54 Å². The first-order valence-electron chi connectivity index (χ1n) is 6.65. The molecule has 0 aliphatic rings. The van der Waals surface area contributed by atoms with Gasteiger partial charge in [0.2, 0.25) is 0 Å². The van der Waals surface area contributed by atoms with E-state index in [-0.39, 0.29) is 18.3 Å². The largest absolute Gasteiger partial charge is 0.483 e. The van der Waals surface area contributed by atoms with Gasteiger partial charge in [0, 0.05) is 11.6 Å². The Morgan fingerprint density at radius 2 is 1.91 bits per heavy atom. The number of carbonyl (C=O) groups is 1. The quantitative estimate of drug-likeness (QED) is 0.790. The van der Waals surface area contributed by atoms with Crippen molar-refractivity contribution in [3.8, 4) is 5.75 Å². The van der Waals surface area contributed by atoms with Crippen LogP contribution in [0.25, 0.3) is 0 Å². The lowest BCUT2D eigenvalue weighted by atomic mass is 10.3. The third kappa shape index (κ3) is 4.32. The van der Waals surface area contributed by atoms with Gasteiger partial charge in [0.15, 0.2) is 11.5 Å². The molecule has 4 nitrogen and oxygen atoms in total. The Balaban J connectivity index is 2.01. The summed E-state index contributed by atoms with van der Waals surface area (Å²) < 4.78 is 11.0. The number of halogens is 3. The van der Waals surface area contributed by atoms with E-state index in [9.17, 15) is 4.79 Å². The summed E-state index contributed by atoms with van der Waals surface area (Å²) in [5.74, 6) is 0.792. The Hall–Kier alpha value is -1.36. The van der Waals surface area contributed by atoms with Gasteiger partial charge in [-0.3, -0.25) is 4.79 Å². The van der Waals surface area contributed by atoms with Gasteiger partial charge in [-0.2, -0.15) is 0 Å². The molecule has 0 aliphatic carbocycles. The number of amides is 1. The molecule has 22 heavy (non-hydrogen) atoms. The molecule has 1 N–H and O–H groups in total. The minimum atomic E-state index is -0.254. The van der Waals surface area contributed by atoms with Crippen LogP contribution in [0.5, 0.6) is 5.75 Å². The van der Waals surface area contributed by atoms with Crippen molar-refractivity contribution in [3.63, 3.8) is 0 Å². The molecule has 0 spiro atoms. The van der Waals surface area contributed by atoms with E-state index in [1.54, 1.807) is 12.1 Å². The fourth-order valence-corrected chi connectivity index (χ4v) is 2.64. The van der Waals surface area contributed by atoms with Crippen molar-refractivity contribution in [2.24, 2.45) is 0 Å². The Bertz CT molecular complexity index is 647. The molecule has 1 aromatic carbocycles. The number of hydrogen-bond acceptors (Lipinski definition) is 3. The molecule has 7 heteroatoms. The Morgan fingerprint density at radius 3 is 2.55 bits per heavy atom. The maximum Gasteiger partial charge on any atom is 0.286 e. The summed E-state index contributed by atoms with van der Waals surface area (Å²) in [6, 6.07) is 6.33. The van der Waals surface area contributed by atoms with Gasteiger partial charge in [-0.05, 0) is 30.7 Å². The van der Waals surface area contributed by atoms with Gasteiger partial charge in [0.1, 0.15) is 12.4 Å². The zero-order valence-electron chi connectivity index (χ0n) is 11.8. The fraction of sp³-hybridized carbons (Fsp3) is 0.267. The highest BCUT2D eigenvalue weighted by molar-refractivity contribution is 6.40. The van der Waals surface area contributed by atoms with E-state index < -0.39 is 0 Å². The van der Waals surface area contributed by atoms with E-state index in [1.165, 1.54) is 12.1 Å². The van der Waals surface area contributed by atoms with E-state index >= 15 is 0 Å². The summed E-state index contributed by atoms with van der Waals surface area (Å²) >= 11 is 17.9. The molecule has 0 bridgehead atoms. The second-order valence-corrected chi connectivity index (χ2v) is 5.76. The number of carbonyl (C=O) groups excluding carboxylic acids is 1. The molecule has 0 radical (unpaired) electrons. The first kappa shape index (κ1) is 17.0. The van der Waals surface area contributed by atoms with Crippen LogP contribution in [0, 0.1) is 0 Å². The number of hydrogen-bond donors (Lipinski definition) is 1. The van der Waals surface area contributed by atoms with Gasteiger partial charge in [-0.1, -0.05) is 41.7 Å². The highest BCUT2D eigenvalue weighted by Gasteiger charge is 2.13. The third-order valence-electron chi connectivity index (χ3n) is 2.74. The second-order valence-electron chi connectivity index (χ2n) is 4.51. The summed E-state index contributed by atoms with van der Waals surface area (Å²) in [5, 5.41) is 3.78. The monoisotopic (exact) mass is 361 g/mol. The van der Waals surface area contributed by atoms with Crippen molar-refractivity contribution in [1.29, 1.82) is 0 Å². The molecule has 0 unspecified atom stereocenters. The minimum Gasteiger partial charge on any atom is -0.483 e. The van der Waals surface area contributed by atoms with Crippen LogP contribution in [0.2, 0.25) is 15.1 Å². The van der Waals surface area contributed by atoms with Crippen LogP contribution in [0.1, 0.15) is 29.7 Å². The molecule has 0 saturated heterocycles. The Labute approximate surface area is 143 Å². The van der Waals surface area contributed by atoms with Gasteiger partial charge in [0.05, 0.1) is 10.0 Å². The van der Waals surface area contributed by atoms with Gasteiger partial charge in [0.25, 0.3) is 5.91 Å². The molecular weight excluding hydrogens is 349 g/mol. The maximum atomic E-state index is 11.7. The average molecular weight is 363 g/mol. The third-order valence-corrected chi connectivity index (χ3v) is 3.52. The second kappa shape index (κ2) is 7.77. The first-order valence-corrected chi connectivity index (χ1v) is 7.79. The Morgan fingerprint density at radius 1 is 1.23 bits per heavy atom. The van der Waals surface area contributed by atoms with E-state index in [0.29, 0.717) is 33.1 Å².